The lowest BCUT2D eigenvalue weighted by Gasteiger charge is -2.20. The fraction of sp³-hybridized carbons (Fsp3) is 0.500. The van der Waals surface area contributed by atoms with Crippen LogP contribution in [0.3, 0.4) is 0 Å². The topological polar surface area (TPSA) is 35.5 Å². The first-order valence-corrected chi connectivity index (χ1v) is 6.16. The van der Waals surface area contributed by atoms with Crippen molar-refractivity contribution in [2.24, 2.45) is 0 Å². The van der Waals surface area contributed by atoms with Crippen molar-refractivity contribution in [3.63, 3.8) is 0 Å². The number of hydrogen-bond acceptors (Lipinski definition) is 3. The minimum atomic E-state index is -0.480. The van der Waals surface area contributed by atoms with Crippen LogP contribution in [0, 0.1) is 6.92 Å². The van der Waals surface area contributed by atoms with Crippen molar-refractivity contribution >= 4 is 17.6 Å². The maximum Gasteiger partial charge on any atom is 0.310 e. The average molecular weight is 271 g/mol. The van der Waals surface area contributed by atoms with Gasteiger partial charge in [-0.05, 0) is 33.8 Å². The van der Waals surface area contributed by atoms with Gasteiger partial charge in [-0.3, -0.25) is 4.79 Å². The van der Waals surface area contributed by atoms with E-state index in [1.54, 1.807) is 19.2 Å². The van der Waals surface area contributed by atoms with Crippen molar-refractivity contribution in [3.05, 3.63) is 28.3 Å². The second-order valence-corrected chi connectivity index (χ2v) is 5.54. The molecule has 0 amide bonds. The second kappa shape index (κ2) is 5.61. The van der Waals surface area contributed by atoms with Gasteiger partial charge in [-0.2, -0.15) is 0 Å². The van der Waals surface area contributed by atoms with Gasteiger partial charge in [0.1, 0.15) is 11.4 Å². The van der Waals surface area contributed by atoms with Gasteiger partial charge in [0.05, 0.1) is 13.5 Å². The molecule has 0 aliphatic rings. The van der Waals surface area contributed by atoms with Gasteiger partial charge in [0.25, 0.3) is 0 Å². The number of esters is 1. The highest BCUT2D eigenvalue weighted by molar-refractivity contribution is 6.31. The van der Waals surface area contributed by atoms with Crippen molar-refractivity contribution in [3.8, 4) is 5.75 Å². The van der Waals surface area contributed by atoms with Crippen LogP contribution in [0.1, 0.15) is 31.9 Å². The van der Waals surface area contributed by atoms with E-state index in [2.05, 4.69) is 0 Å². The SMILES string of the molecule is COc1c(CC(=O)OC(C)(C)C)ccc(Cl)c1C. The molecule has 1 rings (SSSR count). The van der Waals surface area contributed by atoms with E-state index in [1.165, 1.54) is 0 Å². The summed E-state index contributed by atoms with van der Waals surface area (Å²) < 4.78 is 10.6. The monoisotopic (exact) mass is 270 g/mol. The van der Waals surface area contributed by atoms with Crippen LogP contribution in [0.25, 0.3) is 0 Å². The quantitative estimate of drug-likeness (QED) is 0.788. The summed E-state index contributed by atoms with van der Waals surface area (Å²) in [7, 11) is 1.57. The van der Waals surface area contributed by atoms with E-state index < -0.39 is 5.60 Å². The van der Waals surface area contributed by atoms with Gasteiger partial charge in [-0.15, -0.1) is 0 Å². The molecule has 1 aromatic carbocycles. The molecule has 0 spiro atoms. The Kier molecular flexibility index (Phi) is 4.63. The second-order valence-electron chi connectivity index (χ2n) is 5.13. The molecule has 3 nitrogen and oxygen atoms in total. The highest BCUT2D eigenvalue weighted by Crippen LogP contribution is 2.30. The molecule has 0 aromatic heterocycles. The predicted molar refractivity (Wildman–Crippen MR) is 72.3 cm³/mol. The normalized spacial score (nSPS) is 11.2. The molecule has 18 heavy (non-hydrogen) atoms. The van der Waals surface area contributed by atoms with E-state index in [9.17, 15) is 4.79 Å². The molecule has 0 saturated heterocycles. The lowest BCUT2D eigenvalue weighted by molar-refractivity contribution is -0.153. The number of carbonyl (C=O) groups excluding carboxylic acids is 1. The average Bonchev–Trinajstić information content (AvgIpc) is 2.21. The van der Waals surface area contributed by atoms with Crippen LogP contribution in [0.4, 0.5) is 0 Å². The minimum Gasteiger partial charge on any atom is -0.496 e. The minimum absolute atomic E-state index is 0.179. The summed E-state index contributed by atoms with van der Waals surface area (Å²) in [6, 6.07) is 3.55. The maximum atomic E-state index is 11.8. The summed E-state index contributed by atoms with van der Waals surface area (Å²) in [6.07, 6.45) is 0.179. The van der Waals surface area contributed by atoms with E-state index in [4.69, 9.17) is 21.1 Å². The fourth-order valence-corrected chi connectivity index (χ4v) is 1.83. The number of ether oxygens (including phenoxy) is 2. The number of carbonyl (C=O) groups is 1. The molecule has 0 unspecified atom stereocenters. The third-order valence-corrected chi connectivity index (χ3v) is 2.79. The van der Waals surface area contributed by atoms with E-state index in [0.717, 1.165) is 11.1 Å². The van der Waals surface area contributed by atoms with Crippen molar-refractivity contribution < 1.29 is 14.3 Å². The van der Waals surface area contributed by atoms with Gasteiger partial charge in [0.15, 0.2) is 0 Å². The summed E-state index contributed by atoms with van der Waals surface area (Å²) in [5.41, 5.74) is 1.14. The van der Waals surface area contributed by atoms with Crippen LogP contribution in [0.15, 0.2) is 12.1 Å². The van der Waals surface area contributed by atoms with Gasteiger partial charge in [-0.1, -0.05) is 17.7 Å². The van der Waals surface area contributed by atoms with Crippen molar-refractivity contribution in [2.45, 2.75) is 39.7 Å². The van der Waals surface area contributed by atoms with Gasteiger partial charge < -0.3 is 9.47 Å². The van der Waals surface area contributed by atoms with Crippen LogP contribution in [0.2, 0.25) is 5.02 Å². The highest BCUT2D eigenvalue weighted by atomic mass is 35.5. The largest absolute Gasteiger partial charge is 0.496 e. The van der Waals surface area contributed by atoms with Crippen LogP contribution in [-0.2, 0) is 16.0 Å². The molecule has 4 heteroatoms. The molecular weight excluding hydrogens is 252 g/mol. The zero-order valence-electron chi connectivity index (χ0n) is 11.5. The van der Waals surface area contributed by atoms with E-state index in [-0.39, 0.29) is 12.4 Å². The summed E-state index contributed by atoms with van der Waals surface area (Å²) in [5.74, 6) is 0.371. The standard InChI is InChI=1S/C14H19ClO3/c1-9-11(15)7-6-10(13(9)17-5)8-12(16)18-14(2,3)4/h6-7H,8H2,1-5H3. The summed E-state index contributed by atoms with van der Waals surface area (Å²) >= 11 is 6.01. The van der Waals surface area contributed by atoms with E-state index in [0.29, 0.717) is 10.8 Å². The third-order valence-electron chi connectivity index (χ3n) is 2.38. The van der Waals surface area contributed by atoms with E-state index in [1.807, 2.05) is 27.7 Å². The molecule has 1 aromatic rings. The predicted octanol–water partition coefficient (Wildman–Crippen LogP) is 3.54. The number of methoxy groups -OCH3 is 1. The highest BCUT2D eigenvalue weighted by Gasteiger charge is 2.19. The molecule has 0 heterocycles. The van der Waals surface area contributed by atoms with Crippen molar-refractivity contribution in [2.75, 3.05) is 7.11 Å². The molecule has 0 saturated carbocycles. The van der Waals surface area contributed by atoms with Crippen molar-refractivity contribution in [1.29, 1.82) is 0 Å². The first-order chi connectivity index (χ1) is 8.24. The first kappa shape index (κ1) is 14.8. The Morgan fingerprint density at radius 1 is 1.33 bits per heavy atom. The molecule has 0 fully saturated rings. The number of halogens is 1. The lowest BCUT2D eigenvalue weighted by Crippen LogP contribution is -2.25. The Labute approximate surface area is 113 Å². The van der Waals surface area contributed by atoms with Crippen molar-refractivity contribution in [1.82, 2.24) is 0 Å². The number of rotatable bonds is 3. The molecule has 0 bridgehead atoms. The molecule has 0 atom stereocenters. The summed E-state index contributed by atoms with van der Waals surface area (Å²) in [6.45, 7) is 7.39. The molecule has 100 valence electrons. The Hall–Kier alpha value is -1.22. The molecule has 0 aliphatic heterocycles. The van der Waals surface area contributed by atoms with Crippen LogP contribution < -0.4 is 4.74 Å². The summed E-state index contributed by atoms with van der Waals surface area (Å²) in [5, 5.41) is 0.625. The van der Waals surface area contributed by atoms with E-state index >= 15 is 0 Å². The Morgan fingerprint density at radius 3 is 2.44 bits per heavy atom. The van der Waals surface area contributed by atoms with Gasteiger partial charge in [0.2, 0.25) is 0 Å². The smallest absolute Gasteiger partial charge is 0.310 e. The van der Waals surface area contributed by atoms with Gasteiger partial charge in [-0.25, -0.2) is 0 Å². The number of benzene rings is 1. The van der Waals surface area contributed by atoms with Crippen LogP contribution in [-0.4, -0.2) is 18.7 Å². The fourth-order valence-electron chi connectivity index (χ4n) is 1.68. The molecule has 0 aliphatic carbocycles. The van der Waals surface area contributed by atoms with Crippen LogP contribution in [0.5, 0.6) is 5.75 Å². The van der Waals surface area contributed by atoms with Crippen LogP contribution >= 0.6 is 11.6 Å². The Morgan fingerprint density at radius 2 is 1.94 bits per heavy atom. The molecular formula is C14H19ClO3. The zero-order valence-corrected chi connectivity index (χ0v) is 12.2. The summed E-state index contributed by atoms with van der Waals surface area (Å²) in [4.78, 5) is 11.8. The maximum absolute atomic E-state index is 11.8. The number of hydrogen-bond donors (Lipinski definition) is 0. The Balaban J connectivity index is 2.92. The Bertz CT molecular complexity index is 447. The molecule has 0 N–H and O–H groups in total. The van der Waals surface area contributed by atoms with Gasteiger partial charge in [0, 0.05) is 16.1 Å². The third kappa shape index (κ3) is 3.91. The first-order valence-electron chi connectivity index (χ1n) is 5.78. The zero-order chi connectivity index (χ0) is 13.9. The molecule has 0 radical (unpaired) electrons. The lowest BCUT2D eigenvalue weighted by atomic mass is 10.1. The van der Waals surface area contributed by atoms with Gasteiger partial charge >= 0.3 is 5.97 Å².